The number of aliphatic carboxylic acids is 1. The summed E-state index contributed by atoms with van der Waals surface area (Å²) >= 11 is 0. The van der Waals surface area contributed by atoms with E-state index in [0.717, 1.165) is 22.8 Å². The first-order valence-electron chi connectivity index (χ1n) is 12.9. The second-order valence-corrected chi connectivity index (χ2v) is 9.75. The Bertz CT molecular complexity index is 1650. The molecule has 4 rings (SSSR count). The Labute approximate surface area is 239 Å². The Balaban J connectivity index is 1.58. The molecule has 0 aliphatic rings. The Morgan fingerprint density at radius 1 is 0.952 bits per heavy atom. The SMILES string of the molecule is Cc1ccccc1NC(=O)Nc1ccc(-c2cccn(Cc3ccc([C@H](C)CC(=O)O)cc3)c2=O)cc1OC(F)(F)F. The Kier molecular flexibility index (Phi) is 8.99. The molecule has 218 valence electrons. The molecule has 11 heteroatoms. The summed E-state index contributed by atoms with van der Waals surface area (Å²) in [5.41, 5.74) is 2.48. The summed E-state index contributed by atoms with van der Waals surface area (Å²) in [7, 11) is 0. The van der Waals surface area contributed by atoms with E-state index in [1.54, 1.807) is 67.7 Å². The number of carboxylic acids is 1. The van der Waals surface area contributed by atoms with Crippen LogP contribution in [0, 0.1) is 6.92 Å². The smallest absolute Gasteiger partial charge is 0.481 e. The fourth-order valence-corrected chi connectivity index (χ4v) is 4.40. The summed E-state index contributed by atoms with van der Waals surface area (Å²) in [6.07, 6.45) is -3.50. The molecule has 1 aromatic heterocycles. The number of amides is 2. The van der Waals surface area contributed by atoms with E-state index in [9.17, 15) is 27.6 Å². The number of aromatic nitrogens is 1. The van der Waals surface area contributed by atoms with Gasteiger partial charge in [-0.3, -0.25) is 9.59 Å². The number of nitrogens with zero attached hydrogens (tertiary/aromatic N) is 1. The van der Waals surface area contributed by atoms with Crippen LogP contribution in [0.5, 0.6) is 5.75 Å². The molecule has 4 aromatic rings. The lowest BCUT2D eigenvalue weighted by Crippen LogP contribution is -2.23. The number of hydrogen-bond acceptors (Lipinski definition) is 4. The van der Waals surface area contributed by atoms with Gasteiger partial charge in [0.2, 0.25) is 0 Å². The fourth-order valence-electron chi connectivity index (χ4n) is 4.40. The molecule has 0 spiro atoms. The third-order valence-corrected chi connectivity index (χ3v) is 6.56. The summed E-state index contributed by atoms with van der Waals surface area (Å²) in [4.78, 5) is 36.9. The molecule has 3 aromatic carbocycles. The van der Waals surface area contributed by atoms with Gasteiger partial charge in [0.1, 0.15) is 0 Å². The number of carbonyl (C=O) groups is 2. The molecule has 0 unspecified atom stereocenters. The van der Waals surface area contributed by atoms with E-state index < -0.39 is 29.7 Å². The van der Waals surface area contributed by atoms with Crippen molar-refractivity contribution in [2.45, 2.75) is 39.1 Å². The zero-order chi connectivity index (χ0) is 30.4. The topological polar surface area (TPSA) is 110 Å². The number of nitrogens with one attached hydrogen (secondary N) is 2. The number of carboxylic acid groups (broad SMARTS) is 1. The van der Waals surface area contributed by atoms with Crippen LogP contribution in [0.4, 0.5) is 29.3 Å². The number of hydrogen-bond donors (Lipinski definition) is 3. The van der Waals surface area contributed by atoms with Crippen molar-refractivity contribution in [3.63, 3.8) is 0 Å². The van der Waals surface area contributed by atoms with Gasteiger partial charge in [0.15, 0.2) is 5.75 Å². The Morgan fingerprint density at radius 2 is 1.64 bits per heavy atom. The first-order chi connectivity index (χ1) is 19.9. The highest BCUT2D eigenvalue weighted by molar-refractivity contribution is 6.01. The van der Waals surface area contributed by atoms with Crippen molar-refractivity contribution in [1.29, 1.82) is 0 Å². The van der Waals surface area contributed by atoms with Crippen molar-refractivity contribution in [3.8, 4) is 16.9 Å². The first kappa shape index (κ1) is 29.9. The Hall–Kier alpha value is -5.06. The van der Waals surface area contributed by atoms with Crippen LogP contribution in [0.3, 0.4) is 0 Å². The number of rotatable bonds is 9. The number of carbonyl (C=O) groups excluding carboxylic acids is 1. The van der Waals surface area contributed by atoms with Crippen molar-refractivity contribution in [3.05, 3.63) is 112 Å². The van der Waals surface area contributed by atoms with Gasteiger partial charge in [-0.05, 0) is 65.4 Å². The van der Waals surface area contributed by atoms with Gasteiger partial charge < -0.3 is 25.0 Å². The number of pyridine rings is 1. The largest absolute Gasteiger partial charge is 0.573 e. The minimum Gasteiger partial charge on any atom is -0.481 e. The van der Waals surface area contributed by atoms with Crippen molar-refractivity contribution >= 4 is 23.4 Å². The van der Waals surface area contributed by atoms with E-state index >= 15 is 0 Å². The summed E-state index contributed by atoms with van der Waals surface area (Å²) in [6, 6.07) is 20.2. The maximum Gasteiger partial charge on any atom is 0.573 e. The van der Waals surface area contributed by atoms with Gasteiger partial charge in [-0.2, -0.15) is 0 Å². The van der Waals surface area contributed by atoms with Crippen molar-refractivity contribution in [1.82, 2.24) is 4.57 Å². The van der Waals surface area contributed by atoms with E-state index in [2.05, 4.69) is 15.4 Å². The molecule has 0 radical (unpaired) electrons. The molecule has 0 fully saturated rings. The van der Waals surface area contributed by atoms with Crippen LogP contribution >= 0.6 is 0 Å². The number of aryl methyl sites for hydroxylation is 1. The maximum absolute atomic E-state index is 13.3. The van der Waals surface area contributed by atoms with Gasteiger partial charge in [0.25, 0.3) is 5.56 Å². The van der Waals surface area contributed by atoms with Gasteiger partial charge in [-0.15, -0.1) is 13.2 Å². The monoisotopic (exact) mass is 579 g/mol. The van der Waals surface area contributed by atoms with E-state index in [-0.39, 0.29) is 35.7 Å². The molecule has 0 saturated carbocycles. The molecule has 0 bridgehead atoms. The average Bonchev–Trinajstić information content (AvgIpc) is 2.91. The highest BCUT2D eigenvalue weighted by Crippen LogP contribution is 2.34. The third-order valence-electron chi connectivity index (χ3n) is 6.56. The fraction of sp³-hybridized carbons (Fsp3) is 0.194. The standard InChI is InChI=1S/C31H28F3N3O5/c1-19-6-3-4-8-25(19)35-30(41)36-26-14-13-23(17-27(26)42-31(32,33)34)24-7-5-15-37(29(24)40)18-21-9-11-22(12-10-21)20(2)16-28(38)39/h3-15,17,20H,16,18H2,1-2H3,(H,38,39)(H2,35,36,41)/t20-/m1/s1. The third kappa shape index (κ3) is 7.78. The number of ether oxygens (including phenoxy) is 1. The molecular weight excluding hydrogens is 551 g/mol. The number of benzene rings is 3. The second kappa shape index (κ2) is 12.6. The number of halogens is 3. The van der Waals surface area contributed by atoms with Crippen LogP contribution < -0.4 is 20.9 Å². The normalized spacial score (nSPS) is 11.9. The van der Waals surface area contributed by atoms with Gasteiger partial charge in [0.05, 0.1) is 18.7 Å². The molecule has 0 aliphatic carbocycles. The molecule has 2 amide bonds. The van der Waals surface area contributed by atoms with Crippen LogP contribution in [0.2, 0.25) is 0 Å². The minimum absolute atomic E-state index is 0.00737. The predicted octanol–water partition coefficient (Wildman–Crippen LogP) is 6.99. The molecule has 8 nitrogen and oxygen atoms in total. The molecule has 3 N–H and O–H groups in total. The zero-order valence-corrected chi connectivity index (χ0v) is 22.7. The average molecular weight is 580 g/mol. The van der Waals surface area contributed by atoms with Crippen LogP contribution in [0.25, 0.3) is 11.1 Å². The van der Waals surface area contributed by atoms with Crippen molar-refractivity contribution in [2.75, 3.05) is 10.6 Å². The van der Waals surface area contributed by atoms with E-state index in [1.165, 1.54) is 22.8 Å². The second-order valence-electron chi connectivity index (χ2n) is 9.75. The summed E-state index contributed by atoms with van der Waals surface area (Å²) < 4.78 is 45.4. The lowest BCUT2D eigenvalue weighted by molar-refractivity contribution is -0.274. The zero-order valence-electron chi connectivity index (χ0n) is 22.7. The number of para-hydroxylation sites is 1. The first-order valence-corrected chi connectivity index (χ1v) is 12.9. The summed E-state index contributed by atoms with van der Waals surface area (Å²) in [5.74, 6) is -1.75. The summed E-state index contributed by atoms with van der Waals surface area (Å²) in [6.45, 7) is 3.77. The van der Waals surface area contributed by atoms with Crippen molar-refractivity contribution in [2.24, 2.45) is 0 Å². The molecule has 42 heavy (non-hydrogen) atoms. The minimum atomic E-state index is -5.05. The lowest BCUT2D eigenvalue weighted by atomic mass is 9.97. The van der Waals surface area contributed by atoms with Gasteiger partial charge in [-0.25, -0.2) is 4.79 Å². The van der Waals surface area contributed by atoms with Gasteiger partial charge in [-0.1, -0.05) is 55.5 Å². The van der Waals surface area contributed by atoms with Crippen LogP contribution in [-0.4, -0.2) is 28.0 Å². The molecule has 0 aliphatic heterocycles. The van der Waals surface area contributed by atoms with E-state index in [4.69, 9.17) is 5.11 Å². The number of anilines is 2. The van der Waals surface area contributed by atoms with Crippen LogP contribution in [-0.2, 0) is 11.3 Å². The van der Waals surface area contributed by atoms with Crippen molar-refractivity contribution < 1.29 is 32.6 Å². The van der Waals surface area contributed by atoms with Gasteiger partial charge in [0, 0.05) is 17.4 Å². The quantitative estimate of drug-likeness (QED) is 0.198. The molecular formula is C31H28F3N3O5. The number of urea groups is 1. The molecule has 1 heterocycles. The lowest BCUT2D eigenvalue weighted by Gasteiger charge is -2.16. The molecule has 0 saturated heterocycles. The highest BCUT2D eigenvalue weighted by Gasteiger charge is 2.32. The van der Waals surface area contributed by atoms with Crippen LogP contribution in [0.1, 0.15) is 36.0 Å². The summed E-state index contributed by atoms with van der Waals surface area (Å²) in [5, 5.41) is 14.0. The predicted molar refractivity (Wildman–Crippen MR) is 153 cm³/mol. The maximum atomic E-state index is 13.3. The van der Waals surface area contributed by atoms with Gasteiger partial charge >= 0.3 is 18.4 Å². The van der Waals surface area contributed by atoms with E-state index in [1.807, 2.05) is 6.92 Å². The molecule has 1 atom stereocenters. The van der Waals surface area contributed by atoms with Crippen LogP contribution in [0.15, 0.2) is 89.9 Å². The number of alkyl halides is 3. The van der Waals surface area contributed by atoms with E-state index in [0.29, 0.717) is 5.69 Å². The Morgan fingerprint density at radius 3 is 2.31 bits per heavy atom. The highest BCUT2D eigenvalue weighted by atomic mass is 19.4.